The second-order valence-electron chi connectivity index (χ2n) is 6.44. The van der Waals surface area contributed by atoms with Gasteiger partial charge in [-0.25, -0.2) is 23.5 Å². The molecule has 3 rings (SSSR count). The Balaban J connectivity index is 1.84. The van der Waals surface area contributed by atoms with E-state index in [0.29, 0.717) is 5.95 Å². The molecule has 2 aromatic rings. The number of alkyl halides is 2. The van der Waals surface area contributed by atoms with Crippen molar-refractivity contribution >= 4 is 11.9 Å². The van der Waals surface area contributed by atoms with E-state index in [4.69, 9.17) is 4.74 Å². The van der Waals surface area contributed by atoms with Crippen molar-refractivity contribution in [3.63, 3.8) is 0 Å². The van der Waals surface area contributed by atoms with Gasteiger partial charge in [-0.2, -0.15) is 0 Å². The number of hydrogen-bond donors (Lipinski definition) is 1. The second-order valence-corrected chi connectivity index (χ2v) is 6.44. The zero-order valence-electron chi connectivity index (χ0n) is 14.5. The van der Waals surface area contributed by atoms with Crippen LogP contribution in [0.4, 0.5) is 14.7 Å². The van der Waals surface area contributed by atoms with Crippen molar-refractivity contribution in [3.8, 4) is 0 Å². The van der Waals surface area contributed by atoms with Crippen LogP contribution in [0.1, 0.15) is 48.5 Å². The van der Waals surface area contributed by atoms with Crippen molar-refractivity contribution in [3.05, 3.63) is 53.9 Å². The average molecular weight is 361 g/mol. The number of carbonyl (C=O) groups is 1. The highest BCUT2D eigenvalue weighted by molar-refractivity contribution is 5.88. The van der Waals surface area contributed by atoms with E-state index in [1.165, 1.54) is 12.4 Å². The fraction of sp³-hybridized carbons (Fsp3) is 0.421. The van der Waals surface area contributed by atoms with Crippen LogP contribution in [0, 0.1) is 0 Å². The van der Waals surface area contributed by atoms with Gasteiger partial charge in [-0.1, -0.05) is 30.3 Å². The van der Waals surface area contributed by atoms with E-state index in [0.717, 1.165) is 5.56 Å². The zero-order chi connectivity index (χ0) is 18.6. The van der Waals surface area contributed by atoms with E-state index in [1.807, 2.05) is 30.3 Å². The third-order valence-corrected chi connectivity index (χ3v) is 4.68. The van der Waals surface area contributed by atoms with Crippen molar-refractivity contribution < 1.29 is 18.3 Å². The Bertz CT molecular complexity index is 741. The monoisotopic (exact) mass is 361 g/mol. The Kier molecular flexibility index (Phi) is 5.15. The van der Waals surface area contributed by atoms with Crippen LogP contribution in [0.2, 0.25) is 0 Å². The van der Waals surface area contributed by atoms with Gasteiger partial charge in [-0.3, -0.25) is 0 Å². The minimum Gasteiger partial charge on any atom is -0.462 e. The molecule has 0 spiro atoms. The number of esters is 1. The van der Waals surface area contributed by atoms with Gasteiger partial charge in [0.1, 0.15) is 0 Å². The van der Waals surface area contributed by atoms with Gasteiger partial charge in [0.05, 0.1) is 17.7 Å². The summed E-state index contributed by atoms with van der Waals surface area (Å²) in [7, 11) is 0. The quantitative estimate of drug-likeness (QED) is 0.810. The summed E-state index contributed by atoms with van der Waals surface area (Å²) >= 11 is 0. The van der Waals surface area contributed by atoms with Crippen LogP contribution in [0.15, 0.2) is 42.7 Å². The van der Waals surface area contributed by atoms with Crippen LogP contribution in [-0.2, 0) is 10.3 Å². The number of nitrogens with zero attached hydrogens (tertiary/aromatic N) is 2. The first-order valence-electron chi connectivity index (χ1n) is 8.65. The molecule has 0 radical (unpaired) electrons. The Labute approximate surface area is 150 Å². The third kappa shape index (κ3) is 3.98. The molecule has 1 aromatic carbocycles. The molecule has 26 heavy (non-hydrogen) atoms. The van der Waals surface area contributed by atoms with Crippen LogP contribution < -0.4 is 5.32 Å². The van der Waals surface area contributed by atoms with Gasteiger partial charge >= 0.3 is 5.97 Å². The number of rotatable bonds is 5. The molecule has 1 aromatic heterocycles. The molecule has 1 fully saturated rings. The first-order chi connectivity index (χ1) is 12.4. The van der Waals surface area contributed by atoms with E-state index in [1.54, 1.807) is 6.92 Å². The molecule has 1 N–H and O–H groups in total. The molecule has 1 heterocycles. The third-order valence-electron chi connectivity index (χ3n) is 4.68. The van der Waals surface area contributed by atoms with Gasteiger partial charge in [0.25, 0.3) is 0 Å². The van der Waals surface area contributed by atoms with Gasteiger partial charge in [0, 0.05) is 25.2 Å². The van der Waals surface area contributed by atoms with E-state index in [9.17, 15) is 13.6 Å². The molecule has 1 aliphatic carbocycles. The lowest BCUT2D eigenvalue weighted by Crippen LogP contribution is -2.43. The Morgan fingerprint density at radius 3 is 2.31 bits per heavy atom. The maximum atomic E-state index is 13.7. The minimum atomic E-state index is -2.64. The predicted molar refractivity (Wildman–Crippen MR) is 93.1 cm³/mol. The first kappa shape index (κ1) is 18.2. The summed E-state index contributed by atoms with van der Waals surface area (Å²) in [5.74, 6) is -2.84. The summed E-state index contributed by atoms with van der Waals surface area (Å²) < 4.78 is 32.3. The SMILES string of the molecule is CCOC(=O)c1cnc(NC2(c3ccccc3)CCC(F)(F)CC2)nc1. The minimum absolute atomic E-state index is 0.199. The van der Waals surface area contributed by atoms with Crippen LogP contribution in [-0.4, -0.2) is 28.5 Å². The zero-order valence-corrected chi connectivity index (χ0v) is 14.5. The first-order valence-corrected chi connectivity index (χ1v) is 8.65. The molecule has 138 valence electrons. The Morgan fingerprint density at radius 1 is 1.12 bits per heavy atom. The highest BCUT2D eigenvalue weighted by atomic mass is 19.3. The number of benzene rings is 1. The lowest BCUT2D eigenvalue weighted by Gasteiger charge is -2.41. The summed E-state index contributed by atoms with van der Waals surface area (Å²) in [5, 5.41) is 3.24. The molecule has 0 bridgehead atoms. The number of halogens is 2. The lowest BCUT2D eigenvalue weighted by atomic mass is 9.75. The van der Waals surface area contributed by atoms with Gasteiger partial charge in [-0.05, 0) is 25.3 Å². The molecule has 0 aliphatic heterocycles. The van der Waals surface area contributed by atoms with E-state index >= 15 is 0 Å². The highest BCUT2D eigenvalue weighted by Gasteiger charge is 2.44. The lowest BCUT2D eigenvalue weighted by molar-refractivity contribution is -0.0486. The standard InChI is InChI=1S/C19H21F2N3O2/c1-2-26-16(25)14-12-22-17(23-13-14)24-18(15-6-4-3-5-7-15)8-10-19(20,21)11-9-18/h3-7,12-13H,2,8-11H2,1H3,(H,22,23,24). The number of aromatic nitrogens is 2. The molecule has 0 atom stereocenters. The molecular weight excluding hydrogens is 340 g/mol. The molecule has 0 unspecified atom stereocenters. The fourth-order valence-corrected chi connectivity index (χ4v) is 3.21. The number of nitrogens with one attached hydrogen (secondary N) is 1. The maximum absolute atomic E-state index is 13.7. The molecular formula is C19H21F2N3O2. The predicted octanol–water partition coefficient (Wildman–Crippen LogP) is 4.17. The average Bonchev–Trinajstić information content (AvgIpc) is 2.65. The largest absolute Gasteiger partial charge is 0.462 e. The van der Waals surface area contributed by atoms with E-state index in [-0.39, 0.29) is 37.9 Å². The van der Waals surface area contributed by atoms with Gasteiger partial charge in [0.2, 0.25) is 11.9 Å². The summed E-state index contributed by atoms with van der Waals surface area (Å²) in [6.07, 6.45) is 2.90. The highest BCUT2D eigenvalue weighted by Crippen LogP contribution is 2.45. The summed E-state index contributed by atoms with van der Waals surface area (Å²) in [6, 6.07) is 9.50. The Hall–Kier alpha value is -2.57. The van der Waals surface area contributed by atoms with E-state index in [2.05, 4.69) is 15.3 Å². The number of anilines is 1. The summed E-state index contributed by atoms with van der Waals surface area (Å²) in [6.45, 7) is 1.99. The number of hydrogen-bond acceptors (Lipinski definition) is 5. The van der Waals surface area contributed by atoms with Crippen molar-refractivity contribution in [2.24, 2.45) is 0 Å². The van der Waals surface area contributed by atoms with Crippen LogP contribution in [0.3, 0.4) is 0 Å². The molecule has 5 nitrogen and oxygen atoms in total. The van der Waals surface area contributed by atoms with Crippen molar-refractivity contribution in [1.29, 1.82) is 0 Å². The second kappa shape index (κ2) is 7.35. The van der Waals surface area contributed by atoms with Crippen molar-refractivity contribution in [2.75, 3.05) is 11.9 Å². The summed E-state index contributed by atoms with van der Waals surface area (Å²) in [4.78, 5) is 20.0. The maximum Gasteiger partial charge on any atom is 0.341 e. The van der Waals surface area contributed by atoms with Crippen LogP contribution >= 0.6 is 0 Å². The van der Waals surface area contributed by atoms with Crippen molar-refractivity contribution in [1.82, 2.24) is 9.97 Å². The molecule has 1 aliphatic rings. The molecule has 1 saturated carbocycles. The summed E-state index contributed by atoms with van der Waals surface area (Å²) in [5.41, 5.74) is 0.517. The van der Waals surface area contributed by atoms with Crippen LogP contribution in [0.5, 0.6) is 0 Å². The van der Waals surface area contributed by atoms with Crippen LogP contribution in [0.25, 0.3) is 0 Å². The van der Waals surface area contributed by atoms with Gasteiger partial charge in [-0.15, -0.1) is 0 Å². The molecule has 0 saturated heterocycles. The van der Waals surface area contributed by atoms with Gasteiger partial charge in [0.15, 0.2) is 0 Å². The normalized spacial score (nSPS) is 18.1. The van der Waals surface area contributed by atoms with E-state index < -0.39 is 17.4 Å². The number of ether oxygens (including phenoxy) is 1. The molecule has 7 heteroatoms. The topological polar surface area (TPSA) is 64.1 Å². The molecule has 0 amide bonds. The number of carbonyl (C=O) groups excluding carboxylic acids is 1. The van der Waals surface area contributed by atoms with Gasteiger partial charge < -0.3 is 10.1 Å². The smallest absolute Gasteiger partial charge is 0.341 e. The fourth-order valence-electron chi connectivity index (χ4n) is 3.21. The van der Waals surface area contributed by atoms with Crippen molar-refractivity contribution in [2.45, 2.75) is 44.1 Å². The Morgan fingerprint density at radius 2 is 1.73 bits per heavy atom.